The number of carbonyl (C=O) groups is 1. The van der Waals surface area contributed by atoms with Gasteiger partial charge in [0.05, 0.1) is 5.69 Å². The monoisotopic (exact) mass is 251 g/mol. The Balaban J connectivity index is 1.90. The summed E-state index contributed by atoms with van der Waals surface area (Å²) in [6, 6.07) is 2.11. The summed E-state index contributed by atoms with van der Waals surface area (Å²) in [7, 11) is 0. The first-order valence-electron chi connectivity index (χ1n) is 6.45. The van der Waals surface area contributed by atoms with Gasteiger partial charge in [-0.15, -0.1) is 0 Å². The Hall–Kier alpha value is -1.36. The molecule has 1 amide bonds. The molecule has 1 saturated heterocycles. The van der Waals surface area contributed by atoms with E-state index in [0.29, 0.717) is 12.6 Å². The van der Waals surface area contributed by atoms with E-state index in [1.54, 1.807) is 6.07 Å². The molecule has 5 nitrogen and oxygen atoms in total. The van der Waals surface area contributed by atoms with Gasteiger partial charge in [0, 0.05) is 24.1 Å². The fraction of sp³-hybridized carbons (Fsp3) is 0.692. The Morgan fingerprint density at radius 1 is 1.61 bits per heavy atom. The van der Waals surface area contributed by atoms with Gasteiger partial charge < -0.3 is 15.2 Å². The van der Waals surface area contributed by atoms with Crippen molar-refractivity contribution in [3.8, 4) is 0 Å². The van der Waals surface area contributed by atoms with Crippen LogP contribution in [-0.4, -0.2) is 30.2 Å². The molecule has 1 aliphatic rings. The molecule has 1 atom stereocenters. The van der Waals surface area contributed by atoms with Crippen molar-refractivity contribution < 1.29 is 9.32 Å². The Kier molecular flexibility index (Phi) is 3.71. The van der Waals surface area contributed by atoms with E-state index in [-0.39, 0.29) is 17.1 Å². The highest BCUT2D eigenvalue weighted by Crippen LogP contribution is 2.21. The third-order valence-electron chi connectivity index (χ3n) is 3.17. The van der Waals surface area contributed by atoms with Crippen LogP contribution in [-0.2, 0) is 5.41 Å². The van der Waals surface area contributed by atoms with Crippen LogP contribution in [0.4, 0.5) is 0 Å². The molecule has 1 aromatic heterocycles. The fourth-order valence-electron chi connectivity index (χ4n) is 1.97. The van der Waals surface area contributed by atoms with Gasteiger partial charge in [0.25, 0.3) is 5.91 Å². The number of hydrogen-bond acceptors (Lipinski definition) is 4. The maximum Gasteiger partial charge on any atom is 0.289 e. The van der Waals surface area contributed by atoms with Crippen LogP contribution >= 0.6 is 0 Å². The van der Waals surface area contributed by atoms with E-state index < -0.39 is 0 Å². The van der Waals surface area contributed by atoms with E-state index in [0.717, 1.165) is 18.7 Å². The molecular weight excluding hydrogens is 230 g/mol. The molecule has 1 aromatic rings. The SMILES string of the molecule is CC(C)(C)c1cc(C(=O)NCC2CCCN2)on1. The second kappa shape index (κ2) is 5.10. The van der Waals surface area contributed by atoms with E-state index >= 15 is 0 Å². The van der Waals surface area contributed by atoms with Crippen molar-refractivity contribution in [3.63, 3.8) is 0 Å². The van der Waals surface area contributed by atoms with Crippen molar-refractivity contribution in [1.29, 1.82) is 0 Å². The predicted molar refractivity (Wildman–Crippen MR) is 68.6 cm³/mol. The summed E-state index contributed by atoms with van der Waals surface area (Å²) in [6.07, 6.45) is 2.29. The molecular formula is C13H21N3O2. The Morgan fingerprint density at radius 2 is 2.39 bits per heavy atom. The Bertz CT molecular complexity index is 414. The lowest BCUT2D eigenvalue weighted by atomic mass is 9.92. The summed E-state index contributed by atoms with van der Waals surface area (Å²) in [6.45, 7) is 7.79. The average Bonchev–Trinajstić information content (AvgIpc) is 2.96. The van der Waals surface area contributed by atoms with Gasteiger partial charge in [-0.25, -0.2) is 0 Å². The summed E-state index contributed by atoms with van der Waals surface area (Å²) in [5.74, 6) is 0.102. The first-order chi connectivity index (χ1) is 8.47. The van der Waals surface area contributed by atoms with Gasteiger partial charge in [-0.05, 0) is 19.4 Å². The highest BCUT2D eigenvalue weighted by Gasteiger charge is 2.22. The molecule has 0 saturated carbocycles. The maximum absolute atomic E-state index is 11.9. The molecule has 18 heavy (non-hydrogen) atoms. The lowest BCUT2D eigenvalue weighted by Gasteiger charge is -2.12. The van der Waals surface area contributed by atoms with Crippen molar-refractivity contribution in [2.45, 2.75) is 45.1 Å². The van der Waals surface area contributed by atoms with Crippen molar-refractivity contribution in [3.05, 3.63) is 17.5 Å². The Morgan fingerprint density at radius 3 is 2.94 bits per heavy atom. The van der Waals surface area contributed by atoms with E-state index in [2.05, 4.69) is 15.8 Å². The minimum Gasteiger partial charge on any atom is -0.351 e. The molecule has 1 fully saturated rings. The van der Waals surface area contributed by atoms with Gasteiger partial charge in [-0.3, -0.25) is 4.79 Å². The Labute approximate surface area is 107 Å². The summed E-state index contributed by atoms with van der Waals surface area (Å²) >= 11 is 0. The summed E-state index contributed by atoms with van der Waals surface area (Å²) in [5, 5.41) is 10.1. The average molecular weight is 251 g/mol. The summed E-state index contributed by atoms with van der Waals surface area (Å²) in [4.78, 5) is 11.9. The van der Waals surface area contributed by atoms with Crippen LogP contribution in [0.2, 0.25) is 0 Å². The molecule has 0 radical (unpaired) electrons. The number of nitrogens with zero attached hydrogens (tertiary/aromatic N) is 1. The van der Waals surface area contributed by atoms with Crippen LogP contribution in [0.25, 0.3) is 0 Å². The molecule has 2 N–H and O–H groups in total. The van der Waals surface area contributed by atoms with Crippen molar-refractivity contribution in [2.75, 3.05) is 13.1 Å². The van der Waals surface area contributed by atoms with E-state index in [4.69, 9.17) is 4.52 Å². The van der Waals surface area contributed by atoms with E-state index in [1.165, 1.54) is 6.42 Å². The number of aromatic nitrogens is 1. The number of nitrogens with one attached hydrogen (secondary N) is 2. The summed E-state index contributed by atoms with van der Waals surface area (Å²) in [5.41, 5.74) is 0.696. The zero-order valence-corrected chi connectivity index (χ0v) is 11.2. The lowest BCUT2D eigenvalue weighted by molar-refractivity contribution is 0.0913. The smallest absolute Gasteiger partial charge is 0.289 e. The molecule has 1 unspecified atom stereocenters. The predicted octanol–water partition coefficient (Wildman–Crippen LogP) is 1.45. The quantitative estimate of drug-likeness (QED) is 0.853. The lowest BCUT2D eigenvalue weighted by Crippen LogP contribution is -2.37. The molecule has 0 bridgehead atoms. The first-order valence-corrected chi connectivity index (χ1v) is 6.45. The van der Waals surface area contributed by atoms with Gasteiger partial charge >= 0.3 is 0 Å². The third kappa shape index (κ3) is 3.10. The standard InChI is InChI=1S/C13H21N3O2/c1-13(2,3)11-7-10(18-16-11)12(17)15-8-9-5-4-6-14-9/h7,9,14H,4-6,8H2,1-3H3,(H,15,17). The van der Waals surface area contributed by atoms with Crippen molar-refractivity contribution in [1.82, 2.24) is 15.8 Å². The van der Waals surface area contributed by atoms with Gasteiger partial charge in [0.1, 0.15) is 0 Å². The van der Waals surface area contributed by atoms with Crippen LogP contribution < -0.4 is 10.6 Å². The largest absolute Gasteiger partial charge is 0.351 e. The number of hydrogen-bond donors (Lipinski definition) is 2. The van der Waals surface area contributed by atoms with Gasteiger partial charge in [0.2, 0.25) is 5.76 Å². The van der Waals surface area contributed by atoms with Crippen LogP contribution in [0.5, 0.6) is 0 Å². The summed E-state index contributed by atoms with van der Waals surface area (Å²) < 4.78 is 5.09. The second-order valence-electron chi connectivity index (χ2n) is 5.83. The van der Waals surface area contributed by atoms with Crippen LogP contribution in [0.3, 0.4) is 0 Å². The van der Waals surface area contributed by atoms with Crippen LogP contribution in [0.1, 0.15) is 49.9 Å². The van der Waals surface area contributed by atoms with E-state index in [1.807, 2.05) is 20.8 Å². The van der Waals surface area contributed by atoms with Crippen molar-refractivity contribution in [2.24, 2.45) is 0 Å². The second-order valence-corrected chi connectivity index (χ2v) is 5.83. The maximum atomic E-state index is 11.9. The highest BCUT2D eigenvalue weighted by molar-refractivity contribution is 5.91. The number of amides is 1. The highest BCUT2D eigenvalue weighted by atomic mass is 16.5. The molecule has 0 aliphatic carbocycles. The molecule has 100 valence electrons. The zero-order valence-electron chi connectivity index (χ0n) is 11.2. The van der Waals surface area contributed by atoms with E-state index in [9.17, 15) is 4.79 Å². The van der Waals surface area contributed by atoms with Crippen molar-refractivity contribution >= 4 is 5.91 Å². The minimum atomic E-state index is -0.188. The first kappa shape index (κ1) is 13.1. The minimum absolute atomic E-state index is 0.102. The zero-order chi connectivity index (χ0) is 13.2. The molecule has 2 heterocycles. The number of rotatable bonds is 3. The van der Waals surface area contributed by atoms with Gasteiger partial charge in [-0.1, -0.05) is 25.9 Å². The molecule has 0 aromatic carbocycles. The normalized spacial score (nSPS) is 20.1. The van der Waals surface area contributed by atoms with Gasteiger partial charge in [-0.2, -0.15) is 0 Å². The van der Waals surface area contributed by atoms with Gasteiger partial charge in [0.15, 0.2) is 0 Å². The van der Waals surface area contributed by atoms with Crippen LogP contribution in [0, 0.1) is 0 Å². The fourth-order valence-corrected chi connectivity index (χ4v) is 1.97. The number of carbonyl (C=O) groups excluding carboxylic acids is 1. The molecule has 1 aliphatic heterocycles. The van der Waals surface area contributed by atoms with Crippen LogP contribution in [0.15, 0.2) is 10.6 Å². The molecule has 5 heteroatoms. The molecule has 2 rings (SSSR count). The topological polar surface area (TPSA) is 67.2 Å². The third-order valence-corrected chi connectivity index (χ3v) is 3.17. The molecule has 0 spiro atoms.